The van der Waals surface area contributed by atoms with Gasteiger partial charge in [0.05, 0.1) is 10.5 Å². The highest BCUT2D eigenvalue weighted by Crippen LogP contribution is 2.24. The molecule has 7 nitrogen and oxygen atoms in total. The number of para-hydroxylation sites is 1. The van der Waals surface area contributed by atoms with Crippen LogP contribution in [0.2, 0.25) is 0 Å². The third-order valence-electron chi connectivity index (χ3n) is 4.76. The number of benzene rings is 1. The van der Waals surface area contributed by atoms with E-state index < -0.39 is 14.6 Å². The Labute approximate surface area is 186 Å². The van der Waals surface area contributed by atoms with Gasteiger partial charge in [0.25, 0.3) is 0 Å². The molecule has 1 aromatic rings. The molecule has 0 spiro atoms. The Morgan fingerprint density at radius 1 is 1.32 bits per heavy atom. The summed E-state index contributed by atoms with van der Waals surface area (Å²) in [6.45, 7) is 6.46. The minimum absolute atomic E-state index is 0. The highest BCUT2D eigenvalue weighted by atomic mass is 127. The van der Waals surface area contributed by atoms with Crippen molar-refractivity contribution in [2.45, 2.75) is 25.1 Å². The van der Waals surface area contributed by atoms with Crippen LogP contribution in [0.4, 0.5) is 0 Å². The molecular weight excluding hydrogens is 491 g/mol. The molecule has 1 fully saturated rings. The van der Waals surface area contributed by atoms with Gasteiger partial charge in [0.15, 0.2) is 15.8 Å². The molecule has 0 bridgehead atoms. The number of sulfone groups is 1. The number of rotatable bonds is 6. The molecule has 9 heteroatoms. The van der Waals surface area contributed by atoms with Gasteiger partial charge in [0, 0.05) is 38.8 Å². The first-order chi connectivity index (χ1) is 12.7. The summed E-state index contributed by atoms with van der Waals surface area (Å²) in [5, 5.41) is 3.35. The SMILES string of the molecule is CN=C(NCc1ccccc1OCCN(C)C)N1CCS(=O)(=O)C(C)(C)C1.I. The lowest BCUT2D eigenvalue weighted by Gasteiger charge is -2.39. The predicted octanol–water partition coefficient (Wildman–Crippen LogP) is 1.83. The summed E-state index contributed by atoms with van der Waals surface area (Å²) in [4.78, 5) is 8.43. The van der Waals surface area contributed by atoms with Crippen LogP contribution in [-0.4, -0.2) is 82.1 Å². The zero-order chi connectivity index (χ0) is 20.1. The van der Waals surface area contributed by atoms with Crippen molar-refractivity contribution in [3.63, 3.8) is 0 Å². The van der Waals surface area contributed by atoms with E-state index in [1.165, 1.54) is 0 Å². The van der Waals surface area contributed by atoms with Gasteiger partial charge in [0.1, 0.15) is 12.4 Å². The van der Waals surface area contributed by atoms with Gasteiger partial charge in [-0.25, -0.2) is 8.42 Å². The van der Waals surface area contributed by atoms with Crippen molar-refractivity contribution in [1.82, 2.24) is 15.1 Å². The first-order valence-corrected chi connectivity index (χ1v) is 10.8. The van der Waals surface area contributed by atoms with Crippen LogP contribution in [0.5, 0.6) is 5.75 Å². The molecule has 0 aliphatic carbocycles. The zero-order valence-corrected chi connectivity index (χ0v) is 20.6. The maximum absolute atomic E-state index is 12.2. The number of likely N-dealkylation sites (N-methyl/N-ethyl adjacent to an activating group) is 1. The molecule has 1 aliphatic heterocycles. The van der Waals surface area contributed by atoms with Crippen LogP contribution >= 0.6 is 24.0 Å². The zero-order valence-electron chi connectivity index (χ0n) is 17.4. The molecule has 0 aromatic heterocycles. The molecule has 28 heavy (non-hydrogen) atoms. The standard InChI is InChI=1S/C19H32N4O3S.HI/c1-19(2)15-23(11-13-27(19,24)25)18(20-3)21-14-16-8-6-7-9-17(16)26-12-10-22(4)5;/h6-9H,10-15H2,1-5H3,(H,20,21);1H. The molecule has 0 saturated carbocycles. The quantitative estimate of drug-likeness (QED) is 0.348. The average molecular weight is 524 g/mol. The maximum Gasteiger partial charge on any atom is 0.193 e. The van der Waals surface area contributed by atoms with Gasteiger partial charge >= 0.3 is 0 Å². The summed E-state index contributed by atoms with van der Waals surface area (Å²) >= 11 is 0. The van der Waals surface area contributed by atoms with Gasteiger partial charge in [-0.2, -0.15) is 0 Å². The molecule has 1 aromatic carbocycles. The van der Waals surface area contributed by atoms with Crippen LogP contribution in [-0.2, 0) is 16.4 Å². The van der Waals surface area contributed by atoms with Crippen molar-refractivity contribution in [2.24, 2.45) is 4.99 Å². The van der Waals surface area contributed by atoms with Gasteiger partial charge in [-0.15, -0.1) is 24.0 Å². The second kappa shape index (κ2) is 10.6. The second-order valence-corrected chi connectivity index (χ2v) is 10.4. The molecule has 1 saturated heterocycles. The topological polar surface area (TPSA) is 74.2 Å². The number of guanidine groups is 1. The summed E-state index contributed by atoms with van der Waals surface area (Å²) < 4.78 is 29.6. The first kappa shape index (κ1) is 25.0. The number of hydrogen-bond donors (Lipinski definition) is 1. The number of ether oxygens (including phenoxy) is 1. The molecule has 1 N–H and O–H groups in total. The number of nitrogens with one attached hydrogen (secondary N) is 1. The van der Waals surface area contributed by atoms with Gasteiger partial charge in [-0.05, 0) is 34.0 Å². The summed E-state index contributed by atoms with van der Waals surface area (Å²) in [6, 6.07) is 7.93. The van der Waals surface area contributed by atoms with Gasteiger partial charge in [0.2, 0.25) is 0 Å². The van der Waals surface area contributed by atoms with Crippen LogP contribution in [0.1, 0.15) is 19.4 Å². The van der Waals surface area contributed by atoms with Crippen LogP contribution in [0.3, 0.4) is 0 Å². The normalized spacial score (nSPS) is 18.5. The lowest BCUT2D eigenvalue weighted by molar-refractivity contribution is 0.259. The van der Waals surface area contributed by atoms with Crippen LogP contribution < -0.4 is 10.1 Å². The molecule has 0 unspecified atom stereocenters. The summed E-state index contributed by atoms with van der Waals surface area (Å²) in [5.41, 5.74) is 1.04. The fraction of sp³-hybridized carbons (Fsp3) is 0.632. The number of aliphatic imine (C=N–C) groups is 1. The largest absolute Gasteiger partial charge is 0.492 e. The second-order valence-electron chi connectivity index (χ2n) is 7.66. The van der Waals surface area contributed by atoms with Gasteiger partial charge in [-0.1, -0.05) is 18.2 Å². The smallest absolute Gasteiger partial charge is 0.193 e. The Bertz CT molecular complexity index is 766. The average Bonchev–Trinajstić information content (AvgIpc) is 2.59. The lowest BCUT2D eigenvalue weighted by Crippen LogP contribution is -2.57. The fourth-order valence-electron chi connectivity index (χ4n) is 2.96. The monoisotopic (exact) mass is 524 g/mol. The van der Waals surface area contributed by atoms with Crippen molar-refractivity contribution < 1.29 is 13.2 Å². The molecule has 2 rings (SSSR count). The highest BCUT2D eigenvalue weighted by molar-refractivity contribution is 14.0. The Morgan fingerprint density at radius 3 is 2.61 bits per heavy atom. The fourth-order valence-corrected chi connectivity index (χ4v) is 4.33. The molecule has 0 atom stereocenters. The Morgan fingerprint density at radius 2 is 2.00 bits per heavy atom. The van der Waals surface area contributed by atoms with E-state index in [0.29, 0.717) is 32.2 Å². The molecule has 0 radical (unpaired) electrons. The minimum atomic E-state index is -3.08. The van der Waals surface area contributed by atoms with Crippen molar-refractivity contribution in [2.75, 3.05) is 53.1 Å². The molecule has 160 valence electrons. The summed E-state index contributed by atoms with van der Waals surface area (Å²) in [5.74, 6) is 1.70. The van der Waals surface area contributed by atoms with E-state index >= 15 is 0 Å². The third kappa shape index (κ3) is 6.48. The Hall–Kier alpha value is -1.07. The molecule has 1 aliphatic rings. The van der Waals surface area contributed by atoms with E-state index in [1.54, 1.807) is 20.9 Å². The lowest BCUT2D eigenvalue weighted by atomic mass is 10.2. The van der Waals surface area contributed by atoms with E-state index in [1.807, 2.05) is 43.3 Å². The van der Waals surface area contributed by atoms with Crippen molar-refractivity contribution in [1.29, 1.82) is 0 Å². The van der Waals surface area contributed by atoms with Crippen LogP contribution in [0.25, 0.3) is 0 Å². The number of nitrogens with zero attached hydrogens (tertiary/aromatic N) is 3. The Kier molecular flexibility index (Phi) is 9.48. The van der Waals surface area contributed by atoms with Gasteiger partial charge < -0.3 is 19.9 Å². The highest BCUT2D eigenvalue weighted by Gasteiger charge is 2.40. The van der Waals surface area contributed by atoms with Crippen LogP contribution in [0.15, 0.2) is 29.3 Å². The summed E-state index contributed by atoms with van der Waals surface area (Å²) in [7, 11) is 2.67. The van der Waals surface area contributed by atoms with E-state index in [9.17, 15) is 8.42 Å². The van der Waals surface area contributed by atoms with Crippen molar-refractivity contribution >= 4 is 39.8 Å². The predicted molar refractivity (Wildman–Crippen MR) is 126 cm³/mol. The Balaban J connectivity index is 0.00000392. The number of hydrogen-bond acceptors (Lipinski definition) is 5. The molecular formula is C19H33IN4O3S. The maximum atomic E-state index is 12.2. The van der Waals surface area contributed by atoms with Gasteiger partial charge in [-0.3, -0.25) is 4.99 Å². The molecule has 1 heterocycles. The van der Waals surface area contributed by atoms with E-state index in [0.717, 1.165) is 17.9 Å². The van der Waals surface area contributed by atoms with Crippen molar-refractivity contribution in [3.05, 3.63) is 29.8 Å². The van der Waals surface area contributed by atoms with Crippen molar-refractivity contribution in [3.8, 4) is 5.75 Å². The molecule has 0 amide bonds. The minimum Gasteiger partial charge on any atom is -0.492 e. The third-order valence-corrected chi connectivity index (χ3v) is 7.29. The first-order valence-electron chi connectivity index (χ1n) is 9.19. The van der Waals surface area contributed by atoms with Crippen LogP contribution in [0, 0.1) is 0 Å². The van der Waals surface area contributed by atoms with E-state index in [4.69, 9.17) is 4.74 Å². The number of halogens is 1. The van der Waals surface area contributed by atoms with E-state index in [-0.39, 0.29) is 29.7 Å². The summed E-state index contributed by atoms with van der Waals surface area (Å²) in [6.07, 6.45) is 0. The van der Waals surface area contributed by atoms with E-state index in [2.05, 4.69) is 15.2 Å².